The molecule has 5 heteroatoms. The summed E-state index contributed by atoms with van der Waals surface area (Å²) < 4.78 is 8.61. The molecule has 0 unspecified atom stereocenters. The molecule has 10 rings (SSSR count). The molecule has 0 aliphatic heterocycles. The van der Waals surface area contributed by atoms with Gasteiger partial charge in [-0.15, -0.1) is 0 Å². The maximum Gasteiger partial charge on any atom is 0.160 e. The Morgan fingerprint density at radius 2 is 1.00 bits per heavy atom. The maximum atomic E-state index is 10.2. The summed E-state index contributed by atoms with van der Waals surface area (Å²) in [7, 11) is 0. The van der Waals surface area contributed by atoms with Crippen LogP contribution in [0.25, 0.3) is 94.5 Å². The second-order valence-corrected chi connectivity index (χ2v) is 13.0. The quantitative estimate of drug-likeness (QED) is 0.184. The lowest BCUT2D eigenvalue weighted by molar-refractivity contribution is 0.669. The molecule has 0 N–H and O–H groups in total. The molecular weight excluding hydrogens is 637 g/mol. The third-order valence-corrected chi connectivity index (χ3v) is 9.81. The van der Waals surface area contributed by atoms with Crippen molar-refractivity contribution in [3.8, 4) is 56.8 Å². The van der Waals surface area contributed by atoms with E-state index in [0.717, 1.165) is 77.9 Å². The van der Waals surface area contributed by atoms with Gasteiger partial charge in [-0.2, -0.15) is 5.26 Å². The van der Waals surface area contributed by atoms with Gasteiger partial charge in [0.15, 0.2) is 5.82 Å². The maximum absolute atomic E-state index is 10.2. The minimum Gasteiger partial charge on any atom is -0.456 e. The van der Waals surface area contributed by atoms with Crippen LogP contribution < -0.4 is 0 Å². The zero-order valence-electron chi connectivity index (χ0n) is 27.9. The van der Waals surface area contributed by atoms with Crippen molar-refractivity contribution < 1.29 is 4.42 Å². The third-order valence-electron chi connectivity index (χ3n) is 9.81. The molecule has 3 aromatic heterocycles. The molecule has 0 amide bonds. The molecule has 5 nitrogen and oxygen atoms in total. The summed E-state index contributed by atoms with van der Waals surface area (Å²) in [6, 6.07) is 60.2. The van der Waals surface area contributed by atoms with Crippen LogP contribution in [0.15, 0.2) is 174 Å². The average molecular weight is 665 g/mol. The van der Waals surface area contributed by atoms with Gasteiger partial charge in [0.1, 0.15) is 11.2 Å². The summed E-state index contributed by atoms with van der Waals surface area (Å²) in [5.41, 5.74) is 11.9. The molecule has 3 heterocycles. The zero-order chi connectivity index (χ0) is 34.6. The molecule has 0 atom stereocenters. The average Bonchev–Trinajstić information content (AvgIpc) is 3.76. The van der Waals surface area contributed by atoms with Gasteiger partial charge in [0.25, 0.3) is 0 Å². The molecule has 0 saturated carbocycles. The number of nitriles is 1. The summed E-state index contributed by atoms with van der Waals surface area (Å²) in [5, 5.41) is 14.5. The van der Waals surface area contributed by atoms with Gasteiger partial charge >= 0.3 is 0 Å². The molecule has 0 spiro atoms. The van der Waals surface area contributed by atoms with Gasteiger partial charge in [-0.3, -0.25) is 0 Å². The summed E-state index contributed by atoms with van der Waals surface area (Å²) in [4.78, 5) is 10.0. The molecular formula is C47H28N4O. The van der Waals surface area contributed by atoms with Crippen molar-refractivity contribution in [2.75, 3.05) is 0 Å². The summed E-state index contributed by atoms with van der Waals surface area (Å²) in [6.07, 6.45) is 0. The van der Waals surface area contributed by atoms with Crippen LogP contribution in [-0.4, -0.2) is 14.5 Å². The minimum absolute atomic E-state index is 0.598. The number of para-hydroxylation sites is 2. The van der Waals surface area contributed by atoms with E-state index in [-0.39, 0.29) is 0 Å². The number of hydrogen-bond acceptors (Lipinski definition) is 4. The minimum atomic E-state index is 0.598. The normalized spacial score (nSPS) is 11.4. The van der Waals surface area contributed by atoms with Crippen LogP contribution in [0.5, 0.6) is 0 Å². The highest BCUT2D eigenvalue weighted by molar-refractivity contribution is 6.10. The molecule has 10 aromatic rings. The zero-order valence-corrected chi connectivity index (χ0v) is 27.9. The number of furan rings is 1. The number of rotatable bonds is 5. The van der Waals surface area contributed by atoms with E-state index in [9.17, 15) is 5.26 Å². The van der Waals surface area contributed by atoms with E-state index >= 15 is 0 Å². The first kappa shape index (κ1) is 29.6. The van der Waals surface area contributed by atoms with Crippen LogP contribution in [0.4, 0.5) is 0 Å². The molecule has 0 radical (unpaired) electrons. The number of benzene rings is 7. The van der Waals surface area contributed by atoms with E-state index in [1.165, 1.54) is 10.8 Å². The number of aromatic nitrogens is 3. The molecule has 52 heavy (non-hydrogen) atoms. The van der Waals surface area contributed by atoms with Crippen LogP contribution in [0.3, 0.4) is 0 Å². The lowest BCUT2D eigenvalue weighted by Gasteiger charge is -2.11. The van der Waals surface area contributed by atoms with E-state index in [0.29, 0.717) is 11.4 Å². The smallest absolute Gasteiger partial charge is 0.160 e. The fourth-order valence-corrected chi connectivity index (χ4v) is 7.36. The first-order valence-corrected chi connectivity index (χ1v) is 17.2. The second-order valence-electron chi connectivity index (χ2n) is 13.0. The topological polar surface area (TPSA) is 67.6 Å². The number of nitrogens with zero attached hydrogens (tertiary/aromatic N) is 4. The fourth-order valence-electron chi connectivity index (χ4n) is 7.36. The molecule has 0 aliphatic carbocycles. The van der Waals surface area contributed by atoms with Gasteiger partial charge in [0, 0.05) is 43.9 Å². The monoisotopic (exact) mass is 664 g/mol. The Hall–Kier alpha value is -7.29. The number of fused-ring (bicyclic) bond motifs is 6. The standard InChI is InChI=1S/C47H28N4O/c48-29-30-23-35(25-36(24-30)51-43-17-9-7-15-37(43)38-16-8-10-18-44(38)51)33-19-21-45-39(26-33)40-27-34(20-22-46(40)52-45)42-28-41(31-11-3-1-4-12-31)49-47(50-42)32-13-5-2-6-14-32/h1-28H. The first-order chi connectivity index (χ1) is 25.7. The largest absolute Gasteiger partial charge is 0.456 e. The van der Waals surface area contributed by atoms with Gasteiger partial charge in [-0.05, 0) is 77.9 Å². The summed E-state index contributed by atoms with van der Waals surface area (Å²) >= 11 is 0. The number of hydrogen-bond donors (Lipinski definition) is 0. The van der Waals surface area contributed by atoms with Crippen LogP contribution in [0.1, 0.15) is 5.56 Å². The van der Waals surface area contributed by atoms with Crippen LogP contribution in [0, 0.1) is 11.3 Å². The van der Waals surface area contributed by atoms with E-state index in [2.05, 4.69) is 108 Å². The molecule has 0 aliphatic rings. The molecule has 0 fully saturated rings. The van der Waals surface area contributed by atoms with Crippen molar-refractivity contribution in [2.45, 2.75) is 0 Å². The second kappa shape index (κ2) is 11.9. The van der Waals surface area contributed by atoms with Crippen LogP contribution >= 0.6 is 0 Å². The Bertz CT molecular complexity index is 2910. The summed E-state index contributed by atoms with van der Waals surface area (Å²) in [5.74, 6) is 0.674. The predicted octanol–water partition coefficient (Wildman–Crippen LogP) is 12.0. The fraction of sp³-hybridized carbons (Fsp3) is 0. The van der Waals surface area contributed by atoms with Crippen molar-refractivity contribution in [3.05, 3.63) is 175 Å². The van der Waals surface area contributed by atoms with Crippen molar-refractivity contribution in [2.24, 2.45) is 0 Å². The van der Waals surface area contributed by atoms with E-state index in [1.807, 2.05) is 72.8 Å². The van der Waals surface area contributed by atoms with Crippen LogP contribution in [-0.2, 0) is 0 Å². The van der Waals surface area contributed by atoms with Gasteiger partial charge < -0.3 is 8.98 Å². The molecule has 0 saturated heterocycles. The highest BCUT2D eigenvalue weighted by atomic mass is 16.3. The van der Waals surface area contributed by atoms with Crippen molar-refractivity contribution in [1.82, 2.24) is 14.5 Å². The predicted molar refractivity (Wildman–Crippen MR) is 210 cm³/mol. The van der Waals surface area contributed by atoms with Gasteiger partial charge in [0.05, 0.1) is 34.1 Å². The highest BCUT2D eigenvalue weighted by Gasteiger charge is 2.16. The highest BCUT2D eigenvalue weighted by Crippen LogP contribution is 2.38. The van der Waals surface area contributed by atoms with Crippen molar-refractivity contribution >= 4 is 43.7 Å². The molecule has 7 aromatic carbocycles. The SMILES string of the molecule is N#Cc1cc(-c2ccc3oc4ccc(-c5cc(-c6ccccc6)nc(-c6ccccc6)n5)cc4c3c2)cc(-n2c3ccccc3c3ccccc32)c1. The lowest BCUT2D eigenvalue weighted by atomic mass is 9.99. The van der Waals surface area contributed by atoms with Gasteiger partial charge in [-0.1, -0.05) is 103 Å². The Morgan fingerprint density at radius 1 is 0.442 bits per heavy atom. The lowest BCUT2D eigenvalue weighted by Crippen LogP contribution is -1.96. The summed E-state index contributed by atoms with van der Waals surface area (Å²) in [6.45, 7) is 0. The van der Waals surface area contributed by atoms with Gasteiger partial charge in [-0.25, -0.2) is 9.97 Å². The van der Waals surface area contributed by atoms with E-state index in [4.69, 9.17) is 14.4 Å². The van der Waals surface area contributed by atoms with Gasteiger partial charge in [0.2, 0.25) is 0 Å². The van der Waals surface area contributed by atoms with Crippen LogP contribution in [0.2, 0.25) is 0 Å². The third kappa shape index (κ3) is 4.93. The van der Waals surface area contributed by atoms with Crippen molar-refractivity contribution in [1.29, 1.82) is 5.26 Å². The Morgan fingerprint density at radius 3 is 1.65 bits per heavy atom. The Labute approximate surface area is 299 Å². The first-order valence-electron chi connectivity index (χ1n) is 17.2. The molecule has 242 valence electrons. The van der Waals surface area contributed by atoms with E-state index < -0.39 is 0 Å². The van der Waals surface area contributed by atoms with E-state index in [1.54, 1.807) is 0 Å². The van der Waals surface area contributed by atoms with Crippen molar-refractivity contribution in [3.63, 3.8) is 0 Å². The Balaban J connectivity index is 1.12. The Kier molecular flexibility index (Phi) is 6.80. The molecule has 0 bridgehead atoms.